The van der Waals surface area contributed by atoms with Crippen molar-refractivity contribution in [3.63, 3.8) is 0 Å². The van der Waals surface area contributed by atoms with E-state index in [-0.39, 0.29) is 28.9 Å². The Kier molecular flexibility index (Phi) is 6.07. The highest BCUT2D eigenvalue weighted by Gasteiger charge is 2.49. The number of carbonyl (C=O) groups is 2. The van der Waals surface area contributed by atoms with Gasteiger partial charge in [-0.05, 0) is 37.6 Å². The maximum Gasteiger partial charge on any atom is 0.418 e. The Morgan fingerprint density at radius 1 is 1.36 bits per heavy atom. The van der Waals surface area contributed by atoms with E-state index in [0.717, 1.165) is 0 Å². The van der Waals surface area contributed by atoms with Crippen LogP contribution in [0.5, 0.6) is 5.75 Å². The number of benzene rings is 1. The molecular formula is C18H26N2O7S. The summed E-state index contributed by atoms with van der Waals surface area (Å²) in [5.41, 5.74) is -1.55. The molecule has 1 fully saturated rings. The van der Waals surface area contributed by atoms with Crippen molar-refractivity contribution in [2.45, 2.75) is 24.0 Å². The first kappa shape index (κ1) is 22.1. The zero-order chi connectivity index (χ0) is 21.3. The van der Waals surface area contributed by atoms with Crippen LogP contribution in [0.2, 0.25) is 0 Å². The topological polar surface area (TPSA) is 124 Å². The fraction of sp³-hybridized carbons (Fsp3) is 0.556. The minimum Gasteiger partial charge on any atom is -0.802 e. The summed E-state index contributed by atoms with van der Waals surface area (Å²) in [6.07, 6.45) is -0.0630. The van der Waals surface area contributed by atoms with E-state index in [1.165, 1.54) is 57.3 Å². The van der Waals surface area contributed by atoms with Crippen LogP contribution in [-0.4, -0.2) is 80.7 Å². The summed E-state index contributed by atoms with van der Waals surface area (Å²) in [6.45, 7) is 1.37. The van der Waals surface area contributed by atoms with Crippen molar-refractivity contribution in [1.82, 2.24) is 4.90 Å². The average Bonchev–Trinajstić information content (AvgIpc) is 2.77. The summed E-state index contributed by atoms with van der Waals surface area (Å²) < 4.78 is 29.8. The fourth-order valence-corrected chi connectivity index (χ4v) is 4.65. The number of aliphatic carboxylic acids is 1. The Morgan fingerprint density at radius 2 is 1.93 bits per heavy atom. The second-order valence-corrected chi connectivity index (χ2v) is 9.65. The Balaban J connectivity index is 2.10. The van der Waals surface area contributed by atoms with Crippen LogP contribution < -0.4 is 9.84 Å². The summed E-state index contributed by atoms with van der Waals surface area (Å²) in [6, 6.07) is 5.29. The SMILES string of the molecule is COc1ccc(S(=O)(=O)CC(CCN2CC(C)([O-])[N+](C)(C)C2=O)C(=O)O)cc1. The average molecular weight is 414 g/mol. The molecule has 2 rings (SSSR count). The monoisotopic (exact) mass is 414 g/mol. The van der Waals surface area contributed by atoms with Crippen LogP contribution in [0, 0.1) is 5.92 Å². The maximum atomic E-state index is 12.6. The summed E-state index contributed by atoms with van der Waals surface area (Å²) in [5.74, 6) is -2.57. The second-order valence-electron chi connectivity index (χ2n) is 7.61. The fourth-order valence-electron chi connectivity index (χ4n) is 3.06. The summed E-state index contributed by atoms with van der Waals surface area (Å²) in [5, 5.41) is 22.0. The Morgan fingerprint density at radius 3 is 2.36 bits per heavy atom. The van der Waals surface area contributed by atoms with Crippen LogP contribution >= 0.6 is 0 Å². The van der Waals surface area contributed by atoms with Crippen molar-refractivity contribution < 1.29 is 37.4 Å². The number of sulfone groups is 1. The number of ether oxygens (including phenoxy) is 1. The molecule has 1 N–H and O–H groups in total. The van der Waals surface area contributed by atoms with Gasteiger partial charge in [0.15, 0.2) is 9.84 Å². The first-order valence-corrected chi connectivity index (χ1v) is 10.4. The minimum atomic E-state index is -3.84. The number of carboxylic acid groups (broad SMARTS) is 1. The van der Waals surface area contributed by atoms with Crippen LogP contribution in [0.3, 0.4) is 0 Å². The molecule has 0 saturated carbocycles. The van der Waals surface area contributed by atoms with Gasteiger partial charge in [-0.2, -0.15) is 0 Å². The van der Waals surface area contributed by atoms with Gasteiger partial charge in [0.2, 0.25) is 0 Å². The second kappa shape index (κ2) is 7.69. The van der Waals surface area contributed by atoms with Crippen molar-refractivity contribution in [2.75, 3.05) is 40.0 Å². The highest BCUT2D eigenvalue weighted by atomic mass is 32.2. The molecular weight excluding hydrogens is 388 g/mol. The molecule has 0 bridgehead atoms. The molecule has 28 heavy (non-hydrogen) atoms. The third-order valence-corrected chi connectivity index (χ3v) is 7.18. The molecule has 0 spiro atoms. The lowest BCUT2D eigenvalue weighted by Gasteiger charge is -2.41. The first-order valence-electron chi connectivity index (χ1n) is 8.75. The van der Waals surface area contributed by atoms with Gasteiger partial charge in [0.05, 0.1) is 50.0 Å². The molecule has 1 heterocycles. The Hall–Kier alpha value is -2.17. The van der Waals surface area contributed by atoms with Gasteiger partial charge in [0.1, 0.15) is 5.75 Å². The predicted molar refractivity (Wildman–Crippen MR) is 98.3 cm³/mol. The van der Waals surface area contributed by atoms with Crippen molar-refractivity contribution >= 4 is 21.8 Å². The van der Waals surface area contributed by atoms with Crippen molar-refractivity contribution in [3.8, 4) is 5.75 Å². The number of carboxylic acids is 1. The lowest BCUT2D eigenvalue weighted by Crippen LogP contribution is -2.64. The van der Waals surface area contributed by atoms with Crippen molar-refractivity contribution in [1.29, 1.82) is 0 Å². The van der Waals surface area contributed by atoms with Gasteiger partial charge in [0, 0.05) is 6.54 Å². The lowest BCUT2D eigenvalue weighted by atomic mass is 10.1. The van der Waals surface area contributed by atoms with E-state index in [4.69, 9.17) is 4.74 Å². The minimum absolute atomic E-state index is 0.00160. The highest BCUT2D eigenvalue weighted by Crippen LogP contribution is 2.28. The molecule has 0 aliphatic carbocycles. The molecule has 1 aliphatic rings. The van der Waals surface area contributed by atoms with Crippen LogP contribution in [0.1, 0.15) is 13.3 Å². The number of urea groups is 1. The zero-order valence-corrected chi connectivity index (χ0v) is 17.2. The number of hydrogen-bond donors (Lipinski definition) is 1. The van der Waals surface area contributed by atoms with E-state index in [1.54, 1.807) is 0 Å². The van der Waals surface area contributed by atoms with E-state index in [2.05, 4.69) is 0 Å². The van der Waals surface area contributed by atoms with Crippen LogP contribution in [0.15, 0.2) is 29.2 Å². The summed E-state index contributed by atoms with van der Waals surface area (Å²) >= 11 is 0. The van der Waals surface area contributed by atoms with Gasteiger partial charge in [-0.25, -0.2) is 13.2 Å². The summed E-state index contributed by atoms with van der Waals surface area (Å²) in [4.78, 5) is 25.3. The number of rotatable bonds is 8. The Bertz CT molecular complexity index is 847. The lowest BCUT2D eigenvalue weighted by molar-refractivity contribution is -0.945. The predicted octanol–water partition coefficient (Wildman–Crippen LogP) is 0.148. The maximum absolute atomic E-state index is 12.6. The number of quaternary nitrogens is 1. The van der Waals surface area contributed by atoms with Crippen molar-refractivity contribution in [2.24, 2.45) is 5.92 Å². The van der Waals surface area contributed by atoms with Crippen LogP contribution in [-0.2, 0) is 14.6 Å². The molecule has 1 aromatic carbocycles. The number of carbonyl (C=O) groups excluding carboxylic acids is 1. The quantitative estimate of drug-likeness (QED) is 0.600. The standard InChI is InChI=1S/C18H26N2O7S/c1-18(24)12-19(17(23)20(18,2)3)10-9-13(16(21)22)11-28(25,26)15-7-5-14(27-4)6-8-15/h5-8,13H,9-12H2,1-4H3,(H,21,22). The van der Waals surface area contributed by atoms with Gasteiger partial charge in [0.25, 0.3) is 0 Å². The normalized spacial score (nSPS) is 22.9. The van der Waals surface area contributed by atoms with E-state index in [9.17, 15) is 28.2 Å². The molecule has 9 nitrogen and oxygen atoms in total. The first-order chi connectivity index (χ1) is 12.8. The van der Waals surface area contributed by atoms with Gasteiger partial charge < -0.3 is 14.9 Å². The molecule has 10 heteroatoms. The number of methoxy groups -OCH3 is 1. The number of hydrogen-bond acceptors (Lipinski definition) is 6. The molecule has 2 unspecified atom stereocenters. The Labute approximate surface area is 164 Å². The van der Waals surface area contributed by atoms with Crippen LogP contribution in [0.4, 0.5) is 4.79 Å². The highest BCUT2D eigenvalue weighted by molar-refractivity contribution is 7.91. The smallest absolute Gasteiger partial charge is 0.418 e. The largest absolute Gasteiger partial charge is 0.802 e. The van der Waals surface area contributed by atoms with Gasteiger partial charge >= 0.3 is 12.0 Å². The van der Waals surface area contributed by atoms with E-state index < -0.39 is 39.2 Å². The zero-order valence-electron chi connectivity index (χ0n) is 16.4. The summed E-state index contributed by atoms with van der Waals surface area (Å²) in [7, 11) is 0.639. The molecule has 1 saturated heterocycles. The number of nitrogens with zero attached hydrogens (tertiary/aromatic N) is 2. The number of amides is 2. The molecule has 1 aromatic rings. The molecule has 0 aromatic heterocycles. The van der Waals surface area contributed by atoms with E-state index >= 15 is 0 Å². The van der Waals surface area contributed by atoms with E-state index in [1.807, 2.05) is 0 Å². The number of likely N-dealkylation sites (N-methyl/N-ethyl adjacent to an activating group) is 1. The van der Waals surface area contributed by atoms with Crippen LogP contribution in [0.25, 0.3) is 0 Å². The third kappa shape index (κ3) is 4.29. The molecule has 156 valence electrons. The van der Waals surface area contributed by atoms with Gasteiger partial charge in [-0.1, -0.05) is 0 Å². The van der Waals surface area contributed by atoms with E-state index in [0.29, 0.717) is 5.75 Å². The third-order valence-electron chi connectivity index (χ3n) is 5.35. The van der Waals surface area contributed by atoms with Gasteiger partial charge in [-0.3, -0.25) is 14.2 Å². The van der Waals surface area contributed by atoms with Gasteiger partial charge in [-0.15, -0.1) is 0 Å². The molecule has 2 atom stereocenters. The molecule has 2 amide bonds. The molecule has 1 aliphatic heterocycles. The molecule has 0 radical (unpaired) electrons. The van der Waals surface area contributed by atoms with Crippen molar-refractivity contribution in [3.05, 3.63) is 24.3 Å².